The molecule has 1 aliphatic heterocycles. The summed E-state index contributed by atoms with van der Waals surface area (Å²) in [5, 5.41) is 14.5. The highest BCUT2D eigenvalue weighted by Gasteiger charge is 2.39. The molecular weight excluding hydrogens is 406 g/mol. The first-order chi connectivity index (χ1) is 15.3. The number of rotatable bonds is 4. The number of nitrogens with one attached hydrogen (secondary N) is 1. The van der Waals surface area contributed by atoms with Crippen molar-refractivity contribution in [3.8, 4) is 0 Å². The Labute approximate surface area is 180 Å². The number of sulfonamides is 1. The lowest BCUT2D eigenvalue weighted by molar-refractivity contribution is 0.0266. The van der Waals surface area contributed by atoms with Gasteiger partial charge in [0.1, 0.15) is 5.65 Å². The van der Waals surface area contributed by atoms with Gasteiger partial charge in [-0.2, -0.15) is 4.98 Å². The maximum absolute atomic E-state index is 13.3. The van der Waals surface area contributed by atoms with Gasteiger partial charge < -0.3 is 10.4 Å². The summed E-state index contributed by atoms with van der Waals surface area (Å²) in [6.07, 6.45) is 5.57. The van der Waals surface area contributed by atoms with Crippen molar-refractivity contribution < 1.29 is 17.6 Å². The van der Waals surface area contributed by atoms with Crippen LogP contribution in [-0.4, -0.2) is 63.4 Å². The van der Waals surface area contributed by atoms with E-state index in [-0.39, 0.29) is 23.2 Å². The Hall–Kier alpha value is -2.04. The molecule has 30 heavy (non-hydrogen) atoms. The van der Waals surface area contributed by atoms with E-state index in [1.165, 1.54) is 27.4 Å². The van der Waals surface area contributed by atoms with Crippen molar-refractivity contribution in [2.45, 2.75) is 63.6 Å². The molecule has 0 spiro atoms. The smallest absolute Gasteiger partial charge is 0.255 e. The second kappa shape index (κ2) is 7.58. The van der Waals surface area contributed by atoms with Gasteiger partial charge in [0.2, 0.25) is 16.0 Å². The van der Waals surface area contributed by atoms with Gasteiger partial charge in [0.15, 0.2) is 0 Å². The second-order valence-electron chi connectivity index (χ2n) is 8.55. The Balaban J connectivity index is 1.73. The first-order valence-electron chi connectivity index (χ1n) is 11.6. The van der Waals surface area contributed by atoms with Crippen molar-refractivity contribution >= 4 is 27.0 Å². The Morgan fingerprint density at radius 1 is 1.33 bits per heavy atom. The number of fused-ring (bicyclic) bond motifs is 1. The van der Waals surface area contributed by atoms with Crippen LogP contribution >= 0.6 is 0 Å². The largest absolute Gasteiger partial charge is 0.388 e. The van der Waals surface area contributed by atoms with Crippen LogP contribution in [0.4, 0.5) is 5.95 Å². The van der Waals surface area contributed by atoms with Gasteiger partial charge in [-0.25, -0.2) is 17.7 Å². The standard InChI is InChI=1S/C20H29N5O4S/c1-13-11-14-12-21-19(22-15-6-9-24(10-7-15)30(3,28)29)23-17(14)25(18(13)26)16-5-4-8-20(16,2)27/h11-12,15-16,27H,4-10H2,1-3H3,(H,21,22,23)/t16-,20-/m0/s1/i1D3. The molecule has 164 valence electrons. The highest BCUT2D eigenvalue weighted by molar-refractivity contribution is 7.88. The maximum Gasteiger partial charge on any atom is 0.255 e. The van der Waals surface area contributed by atoms with Gasteiger partial charge >= 0.3 is 0 Å². The lowest BCUT2D eigenvalue weighted by Gasteiger charge is -2.31. The van der Waals surface area contributed by atoms with Crippen LogP contribution in [-0.2, 0) is 10.0 Å². The summed E-state index contributed by atoms with van der Waals surface area (Å²) in [5.74, 6) is 0.271. The number of anilines is 1. The van der Waals surface area contributed by atoms with Gasteiger partial charge in [0, 0.05) is 40.4 Å². The highest BCUT2D eigenvalue weighted by atomic mass is 32.2. The van der Waals surface area contributed by atoms with Crippen LogP contribution in [0.2, 0.25) is 0 Å². The molecule has 2 atom stereocenters. The number of piperidine rings is 1. The van der Waals surface area contributed by atoms with Crippen LogP contribution in [0.5, 0.6) is 0 Å². The Kier molecular flexibility index (Phi) is 4.45. The average Bonchev–Trinajstić information content (AvgIpc) is 3.05. The van der Waals surface area contributed by atoms with E-state index in [1.807, 2.05) is 0 Å². The number of aryl methyl sites for hydroxylation is 1. The molecule has 1 saturated carbocycles. The molecule has 9 nitrogen and oxygen atoms in total. The molecule has 2 aromatic rings. The molecule has 0 radical (unpaired) electrons. The van der Waals surface area contributed by atoms with Gasteiger partial charge in [-0.15, -0.1) is 0 Å². The van der Waals surface area contributed by atoms with Crippen LogP contribution in [0, 0.1) is 6.85 Å². The van der Waals surface area contributed by atoms with E-state index in [4.69, 9.17) is 4.11 Å². The summed E-state index contributed by atoms with van der Waals surface area (Å²) in [6.45, 7) is -0.174. The van der Waals surface area contributed by atoms with Gasteiger partial charge in [-0.05, 0) is 51.9 Å². The van der Waals surface area contributed by atoms with Gasteiger partial charge in [0.25, 0.3) is 5.56 Å². The van der Waals surface area contributed by atoms with E-state index in [9.17, 15) is 18.3 Å². The van der Waals surface area contributed by atoms with E-state index >= 15 is 0 Å². The lowest BCUT2D eigenvalue weighted by atomic mass is 9.99. The minimum absolute atomic E-state index is 0.0446. The first kappa shape index (κ1) is 17.6. The highest BCUT2D eigenvalue weighted by Crippen LogP contribution is 2.39. The van der Waals surface area contributed by atoms with Crippen molar-refractivity contribution in [2.24, 2.45) is 0 Å². The molecule has 4 rings (SSSR count). The fourth-order valence-electron chi connectivity index (χ4n) is 4.53. The maximum atomic E-state index is 13.3. The minimum atomic E-state index is -3.23. The second-order valence-corrected chi connectivity index (χ2v) is 10.5. The molecule has 1 aliphatic carbocycles. The third-order valence-corrected chi connectivity index (χ3v) is 7.52. The zero-order chi connectivity index (χ0) is 24.2. The fourth-order valence-corrected chi connectivity index (χ4v) is 5.41. The van der Waals surface area contributed by atoms with Crippen LogP contribution in [0.15, 0.2) is 17.1 Å². The summed E-state index contributed by atoms with van der Waals surface area (Å²) < 4.78 is 49.6. The predicted molar refractivity (Wildman–Crippen MR) is 115 cm³/mol. The quantitative estimate of drug-likeness (QED) is 0.741. The number of hydrogen-bond donors (Lipinski definition) is 2. The van der Waals surface area contributed by atoms with Crippen LogP contribution < -0.4 is 10.9 Å². The summed E-state index contributed by atoms with van der Waals surface area (Å²) in [5.41, 5.74) is -1.90. The first-order valence-corrected chi connectivity index (χ1v) is 12.0. The van der Waals surface area contributed by atoms with E-state index in [1.54, 1.807) is 6.92 Å². The van der Waals surface area contributed by atoms with Crippen LogP contribution in [0.1, 0.15) is 54.7 Å². The Morgan fingerprint density at radius 2 is 2.07 bits per heavy atom. The van der Waals surface area contributed by atoms with Crippen LogP contribution in [0.25, 0.3) is 11.0 Å². The lowest BCUT2D eigenvalue weighted by Crippen LogP contribution is -2.42. The molecule has 0 unspecified atom stereocenters. The van der Waals surface area contributed by atoms with Crippen molar-refractivity contribution in [3.63, 3.8) is 0 Å². The zero-order valence-corrected chi connectivity index (χ0v) is 17.9. The molecule has 2 aliphatic rings. The van der Waals surface area contributed by atoms with Gasteiger partial charge in [0.05, 0.1) is 17.9 Å². The summed E-state index contributed by atoms with van der Waals surface area (Å²) in [4.78, 5) is 22.1. The van der Waals surface area contributed by atoms with Crippen LogP contribution in [0.3, 0.4) is 0 Å². The molecule has 10 heteroatoms. The molecule has 3 heterocycles. The fraction of sp³-hybridized carbons (Fsp3) is 0.650. The predicted octanol–water partition coefficient (Wildman–Crippen LogP) is 1.41. The summed E-state index contributed by atoms with van der Waals surface area (Å²) in [6, 6.07) is 0.659. The van der Waals surface area contributed by atoms with E-state index in [2.05, 4.69) is 15.3 Å². The number of pyridine rings is 1. The Morgan fingerprint density at radius 3 is 2.67 bits per heavy atom. The topological polar surface area (TPSA) is 117 Å². The normalized spacial score (nSPS) is 28.2. The third kappa shape index (κ3) is 3.95. The van der Waals surface area contributed by atoms with Crippen molar-refractivity contribution in [1.29, 1.82) is 0 Å². The van der Waals surface area contributed by atoms with Gasteiger partial charge in [-0.1, -0.05) is 0 Å². The average molecular weight is 439 g/mol. The van der Waals surface area contributed by atoms with Gasteiger partial charge in [-0.3, -0.25) is 9.36 Å². The van der Waals surface area contributed by atoms with Crippen molar-refractivity contribution in [3.05, 3.63) is 28.2 Å². The number of nitrogens with zero attached hydrogens (tertiary/aromatic N) is 4. The molecule has 2 aromatic heterocycles. The molecule has 0 aromatic carbocycles. The number of hydrogen-bond acceptors (Lipinski definition) is 7. The van der Waals surface area contributed by atoms with Crippen molar-refractivity contribution in [2.75, 3.05) is 24.7 Å². The molecular formula is C20H29N5O4S. The zero-order valence-electron chi connectivity index (χ0n) is 20.1. The molecule has 2 fully saturated rings. The third-order valence-electron chi connectivity index (χ3n) is 6.22. The number of aromatic nitrogens is 3. The van der Waals surface area contributed by atoms with E-state index in [0.717, 1.165) is 0 Å². The van der Waals surface area contributed by atoms with E-state index < -0.39 is 34.1 Å². The molecule has 0 amide bonds. The minimum Gasteiger partial charge on any atom is -0.388 e. The van der Waals surface area contributed by atoms with E-state index in [0.29, 0.717) is 50.6 Å². The Bertz CT molecular complexity index is 1220. The molecule has 1 saturated heterocycles. The van der Waals surface area contributed by atoms with Crippen molar-refractivity contribution in [1.82, 2.24) is 18.8 Å². The SMILES string of the molecule is [2H]C([2H])([2H])c1cc2cnc(NC3CCN(S(C)(=O)=O)CC3)nc2n([C@H]2CCC[C@]2(C)O)c1=O. The monoisotopic (exact) mass is 438 g/mol. The summed E-state index contributed by atoms with van der Waals surface area (Å²) >= 11 is 0. The number of aliphatic hydroxyl groups is 1. The molecule has 2 N–H and O–H groups in total. The molecule has 0 bridgehead atoms. The summed E-state index contributed by atoms with van der Waals surface area (Å²) in [7, 11) is -3.23.